The van der Waals surface area contributed by atoms with Crippen LogP contribution in [0.5, 0.6) is 5.75 Å². The van der Waals surface area contributed by atoms with Gasteiger partial charge in [-0.2, -0.15) is 0 Å². The first-order chi connectivity index (χ1) is 13.1. The lowest BCUT2D eigenvalue weighted by Gasteiger charge is -2.18. The van der Waals surface area contributed by atoms with E-state index in [4.69, 9.17) is 4.74 Å². The van der Waals surface area contributed by atoms with Crippen molar-refractivity contribution < 1.29 is 19.2 Å². The minimum Gasteiger partial charge on any atom is -0.495 e. The first kappa shape index (κ1) is 20.5. The molecule has 6 nitrogen and oxygen atoms in total. The highest BCUT2D eigenvalue weighted by atomic mass is 16.5. The third-order valence-corrected chi connectivity index (χ3v) is 4.37. The lowest BCUT2D eigenvalue weighted by atomic mass is 10.1. The van der Waals surface area contributed by atoms with Gasteiger partial charge < -0.3 is 20.3 Å². The summed E-state index contributed by atoms with van der Waals surface area (Å²) in [6.07, 6.45) is 0.849. The summed E-state index contributed by atoms with van der Waals surface area (Å²) in [5.41, 5.74) is 2.55. The normalized spacial score (nSPS) is 11.5. The fourth-order valence-corrected chi connectivity index (χ4v) is 2.85. The molecule has 0 saturated carbocycles. The number of hydrogen-bond donors (Lipinski definition) is 3. The molecule has 1 atom stereocenters. The molecule has 0 aromatic heterocycles. The zero-order chi connectivity index (χ0) is 19.6. The molecular formula is C21H28N3O3+. The number of hydrogen-bond acceptors (Lipinski definition) is 3. The van der Waals surface area contributed by atoms with E-state index in [0.29, 0.717) is 18.0 Å². The molecule has 0 aliphatic heterocycles. The summed E-state index contributed by atoms with van der Waals surface area (Å²) >= 11 is 0. The third-order valence-electron chi connectivity index (χ3n) is 4.37. The maximum absolute atomic E-state index is 12.4. The van der Waals surface area contributed by atoms with Gasteiger partial charge in [-0.3, -0.25) is 9.59 Å². The zero-order valence-electron chi connectivity index (χ0n) is 16.2. The molecule has 3 N–H and O–H groups in total. The van der Waals surface area contributed by atoms with Crippen LogP contribution in [0.1, 0.15) is 19.4 Å². The molecule has 0 aliphatic rings. The summed E-state index contributed by atoms with van der Waals surface area (Å²) < 4.78 is 5.24. The van der Waals surface area contributed by atoms with E-state index < -0.39 is 0 Å². The van der Waals surface area contributed by atoms with Gasteiger partial charge in [-0.25, -0.2) is 0 Å². The Morgan fingerprint density at radius 3 is 2.04 bits per heavy atom. The van der Waals surface area contributed by atoms with E-state index in [1.807, 2.05) is 43.3 Å². The smallest absolute Gasteiger partial charge is 0.279 e. The lowest BCUT2D eigenvalue weighted by Crippen LogP contribution is -3.13. The number of amides is 2. The fourth-order valence-electron chi connectivity index (χ4n) is 2.85. The second-order valence-corrected chi connectivity index (χ2v) is 6.26. The molecule has 2 amide bonds. The number of ether oxygens (including phenoxy) is 1. The number of methoxy groups -OCH3 is 1. The number of quaternary nitrogens is 1. The predicted molar refractivity (Wildman–Crippen MR) is 107 cm³/mol. The highest BCUT2D eigenvalue weighted by Gasteiger charge is 2.18. The van der Waals surface area contributed by atoms with Crippen molar-refractivity contribution in [3.05, 3.63) is 54.1 Å². The molecule has 1 unspecified atom stereocenters. The minimum absolute atomic E-state index is 0.0992. The van der Waals surface area contributed by atoms with Crippen molar-refractivity contribution in [2.75, 3.05) is 37.4 Å². The van der Waals surface area contributed by atoms with Crippen LogP contribution in [0.15, 0.2) is 48.5 Å². The summed E-state index contributed by atoms with van der Waals surface area (Å²) in [5, 5.41) is 5.81. The van der Waals surface area contributed by atoms with E-state index in [1.165, 1.54) is 0 Å². The summed E-state index contributed by atoms with van der Waals surface area (Å²) in [4.78, 5) is 25.7. The van der Waals surface area contributed by atoms with Crippen molar-refractivity contribution >= 4 is 23.2 Å². The highest BCUT2D eigenvalue weighted by Crippen LogP contribution is 2.22. The Bertz CT molecular complexity index is 713. The third kappa shape index (κ3) is 6.11. The Balaban J connectivity index is 1.92. The molecule has 2 aromatic rings. The zero-order valence-corrected chi connectivity index (χ0v) is 16.2. The van der Waals surface area contributed by atoms with Crippen LogP contribution in [-0.2, 0) is 16.0 Å². The maximum atomic E-state index is 12.4. The first-order valence-electron chi connectivity index (χ1n) is 9.21. The molecule has 0 heterocycles. The second-order valence-electron chi connectivity index (χ2n) is 6.26. The van der Waals surface area contributed by atoms with E-state index in [2.05, 4.69) is 17.6 Å². The molecule has 0 spiro atoms. The average Bonchev–Trinajstić information content (AvgIpc) is 2.68. The number of benzene rings is 2. The monoisotopic (exact) mass is 370 g/mol. The van der Waals surface area contributed by atoms with Crippen LogP contribution in [0.25, 0.3) is 0 Å². The molecule has 27 heavy (non-hydrogen) atoms. The Labute approximate surface area is 160 Å². The molecular weight excluding hydrogens is 342 g/mol. The molecule has 144 valence electrons. The van der Waals surface area contributed by atoms with E-state index in [0.717, 1.165) is 22.6 Å². The molecule has 0 radical (unpaired) electrons. The van der Waals surface area contributed by atoms with Crippen molar-refractivity contribution in [2.24, 2.45) is 0 Å². The Kier molecular flexibility index (Phi) is 7.82. The van der Waals surface area contributed by atoms with Gasteiger partial charge in [0.15, 0.2) is 13.1 Å². The highest BCUT2D eigenvalue weighted by molar-refractivity contribution is 5.94. The maximum Gasteiger partial charge on any atom is 0.279 e. The fraction of sp³-hybridized carbons (Fsp3) is 0.333. The van der Waals surface area contributed by atoms with Gasteiger partial charge in [0.1, 0.15) is 5.75 Å². The van der Waals surface area contributed by atoms with E-state index >= 15 is 0 Å². The van der Waals surface area contributed by atoms with Crippen molar-refractivity contribution in [2.45, 2.75) is 20.3 Å². The summed E-state index contributed by atoms with van der Waals surface area (Å²) in [5.74, 6) is 0.355. The number of aryl methyl sites for hydroxylation is 1. The summed E-state index contributed by atoms with van der Waals surface area (Å²) in [6, 6.07) is 15.0. The van der Waals surface area contributed by atoms with Crippen LogP contribution in [0, 0.1) is 0 Å². The minimum atomic E-state index is -0.155. The molecule has 0 fully saturated rings. The van der Waals surface area contributed by atoms with Crippen molar-refractivity contribution in [1.82, 2.24) is 0 Å². The van der Waals surface area contributed by atoms with Gasteiger partial charge in [-0.1, -0.05) is 37.3 Å². The molecule has 2 rings (SSSR count). The van der Waals surface area contributed by atoms with Crippen molar-refractivity contribution in [3.8, 4) is 5.75 Å². The van der Waals surface area contributed by atoms with Gasteiger partial charge in [0, 0.05) is 5.69 Å². The Morgan fingerprint density at radius 1 is 0.889 bits per heavy atom. The number of carbonyl (C=O) groups excluding carboxylic acids is 2. The van der Waals surface area contributed by atoms with Crippen LogP contribution in [0.2, 0.25) is 0 Å². The van der Waals surface area contributed by atoms with Gasteiger partial charge in [0.25, 0.3) is 11.8 Å². The van der Waals surface area contributed by atoms with Gasteiger partial charge in [0.05, 0.1) is 19.3 Å². The van der Waals surface area contributed by atoms with Gasteiger partial charge >= 0.3 is 0 Å². The Morgan fingerprint density at radius 2 is 1.44 bits per heavy atom. The second kappa shape index (κ2) is 10.3. The number of anilines is 2. The first-order valence-corrected chi connectivity index (χ1v) is 9.21. The Hall–Kier alpha value is -2.86. The van der Waals surface area contributed by atoms with Crippen LogP contribution in [-0.4, -0.2) is 38.6 Å². The molecule has 0 aliphatic carbocycles. The van der Waals surface area contributed by atoms with Gasteiger partial charge in [0.2, 0.25) is 0 Å². The van der Waals surface area contributed by atoms with Crippen LogP contribution in [0.3, 0.4) is 0 Å². The number of likely N-dealkylation sites (N-methyl/N-ethyl adjacent to an activating group) is 1. The lowest BCUT2D eigenvalue weighted by molar-refractivity contribution is -0.881. The van der Waals surface area contributed by atoms with E-state index in [-0.39, 0.29) is 24.9 Å². The largest absolute Gasteiger partial charge is 0.495 e. The number of rotatable bonds is 9. The summed E-state index contributed by atoms with van der Waals surface area (Å²) in [7, 11) is 1.56. The van der Waals surface area contributed by atoms with Crippen molar-refractivity contribution in [1.29, 1.82) is 0 Å². The van der Waals surface area contributed by atoms with E-state index in [1.54, 1.807) is 19.2 Å². The quantitative estimate of drug-likeness (QED) is 0.630. The molecule has 6 heteroatoms. The van der Waals surface area contributed by atoms with Gasteiger partial charge in [-0.15, -0.1) is 0 Å². The SMILES string of the molecule is CCc1ccccc1NC(=O)C[NH+](CC)CC(=O)Nc1ccccc1OC. The van der Waals surface area contributed by atoms with Crippen molar-refractivity contribution in [3.63, 3.8) is 0 Å². The predicted octanol–water partition coefficient (Wildman–Crippen LogP) is 1.74. The van der Waals surface area contributed by atoms with Crippen LogP contribution >= 0.6 is 0 Å². The summed E-state index contributed by atoms with van der Waals surface area (Å²) in [6.45, 7) is 5.11. The topological polar surface area (TPSA) is 71.9 Å². The molecule has 0 saturated heterocycles. The van der Waals surface area contributed by atoms with E-state index in [9.17, 15) is 9.59 Å². The van der Waals surface area contributed by atoms with Gasteiger partial charge in [-0.05, 0) is 37.1 Å². The van der Waals surface area contributed by atoms with Crippen LogP contribution in [0.4, 0.5) is 11.4 Å². The molecule has 0 bridgehead atoms. The number of carbonyl (C=O) groups is 2. The van der Waals surface area contributed by atoms with Crippen LogP contribution < -0.4 is 20.3 Å². The molecule has 2 aromatic carbocycles. The number of para-hydroxylation sites is 3. The average molecular weight is 370 g/mol. The number of nitrogens with one attached hydrogen (secondary N) is 3. The standard InChI is InChI=1S/C21H27N3O3/c1-4-16-10-6-7-11-17(16)22-20(25)14-24(5-2)15-21(26)23-18-12-8-9-13-19(18)27-3/h6-13H,4-5,14-15H2,1-3H3,(H,22,25)(H,23,26)/p+1.